The standard InChI is InChI=1S/C20H19NO3/c1-14-12-19(21-13-14)17-4-2-15(3-5-17)16-6-8-18(9-7-16)24-11-10-20(22)23/h2-9,13H,10-12H2,1H3,(H,22,23). The predicted octanol–water partition coefficient (Wildman–Crippen LogP) is 4.30. The number of aliphatic carboxylic acids is 1. The zero-order chi connectivity index (χ0) is 16.9. The molecular formula is C20H19NO3. The van der Waals surface area contributed by atoms with E-state index in [2.05, 4.69) is 36.2 Å². The van der Waals surface area contributed by atoms with Crippen molar-refractivity contribution in [1.82, 2.24) is 0 Å². The highest BCUT2D eigenvalue weighted by atomic mass is 16.5. The lowest BCUT2D eigenvalue weighted by Crippen LogP contribution is -2.04. The number of carbonyl (C=O) groups is 1. The maximum atomic E-state index is 10.5. The van der Waals surface area contributed by atoms with E-state index in [1.165, 1.54) is 5.57 Å². The highest BCUT2D eigenvalue weighted by Crippen LogP contribution is 2.24. The number of hydrogen-bond donors (Lipinski definition) is 1. The van der Waals surface area contributed by atoms with E-state index in [0.717, 1.165) is 28.8 Å². The third-order valence-corrected chi connectivity index (χ3v) is 3.88. The maximum absolute atomic E-state index is 10.5. The number of benzene rings is 2. The van der Waals surface area contributed by atoms with Crippen LogP contribution in [0.1, 0.15) is 25.3 Å². The molecule has 0 unspecified atom stereocenters. The Morgan fingerprint density at radius 2 is 1.62 bits per heavy atom. The average molecular weight is 321 g/mol. The largest absolute Gasteiger partial charge is 0.493 e. The van der Waals surface area contributed by atoms with Crippen LogP contribution in [-0.4, -0.2) is 23.4 Å². The van der Waals surface area contributed by atoms with Crippen LogP contribution in [-0.2, 0) is 4.79 Å². The van der Waals surface area contributed by atoms with Gasteiger partial charge in [0.1, 0.15) is 5.75 Å². The van der Waals surface area contributed by atoms with Crippen LogP contribution in [0, 0.1) is 0 Å². The molecule has 0 fully saturated rings. The van der Waals surface area contributed by atoms with Crippen molar-refractivity contribution in [2.75, 3.05) is 6.61 Å². The van der Waals surface area contributed by atoms with Gasteiger partial charge in [-0.3, -0.25) is 9.79 Å². The summed E-state index contributed by atoms with van der Waals surface area (Å²) in [5.74, 6) is -0.178. The predicted molar refractivity (Wildman–Crippen MR) is 94.5 cm³/mol. The topological polar surface area (TPSA) is 58.9 Å². The van der Waals surface area contributed by atoms with Gasteiger partial charge in [0.2, 0.25) is 0 Å². The smallest absolute Gasteiger partial charge is 0.306 e. The summed E-state index contributed by atoms with van der Waals surface area (Å²) in [5, 5.41) is 8.61. The monoisotopic (exact) mass is 321 g/mol. The van der Waals surface area contributed by atoms with Crippen LogP contribution < -0.4 is 4.74 Å². The molecule has 24 heavy (non-hydrogen) atoms. The minimum atomic E-state index is -0.857. The molecule has 3 rings (SSSR count). The third kappa shape index (κ3) is 3.90. The van der Waals surface area contributed by atoms with E-state index in [1.807, 2.05) is 30.5 Å². The van der Waals surface area contributed by atoms with E-state index >= 15 is 0 Å². The van der Waals surface area contributed by atoms with Gasteiger partial charge >= 0.3 is 5.97 Å². The zero-order valence-electron chi connectivity index (χ0n) is 13.5. The van der Waals surface area contributed by atoms with Gasteiger partial charge in [-0.15, -0.1) is 0 Å². The highest BCUT2D eigenvalue weighted by molar-refractivity contribution is 6.03. The quantitative estimate of drug-likeness (QED) is 0.862. The summed E-state index contributed by atoms with van der Waals surface area (Å²) in [6.45, 7) is 2.27. The van der Waals surface area contributed by atoms with Gasteiger partial charge < -0.3 is 9.84 Å². The Balaban J connectivity index is 1.65. The van der Waals surface area contributed by atoms with Crippen LogP contribution in [0.4, 0.5) is 0 Å². The maximum Gasteiger partial charge on any atom is 0.306 e. The Kier molecular flexibility index (Phi) is 4.75. The van der Waals surface area contributed by atoms with Gasteiger partial charge in [0.05, 0.1) is 18.7 Å². The first-order valence-electron chi connectivity index (χ1n) is 7.89. The number of carboxylic acid groups (broad SMARTS) is 1. The lowest BCUT2D eigenvalue weighted by Gasteiger charge is -2.07. The van der Waals surface area contributed by atoms with Crippen LogP contribution in [0.5, 0.6) is 5.75 Å². The number of nitrogens with zero attached hydrogens (tertiary/aromatic N) is 1. The molecule has 0 atom stereocenters. The molecule has 1 N–H and O–H groups in total. The lowest BCUT2D eigenvalue weighted by atomic mass is 10.0. The lowest BCUT2D eigenvalue weighted by molar-refractivity contribution is -0.137. The SMILES string of the molecule is CC1=CN=C(c2ccc(-c3ccc(OCCC(=O)O)cc3)cc2)C1. The molecule has 1 aliphatic rings. The number of rotatable bonds is 6. The molecule has 4 nitrogen and oxygen atoms in total. The summed E-state index contributed by atoms with van der Waals surface area (Å²) in [6, 6.07) is 16.0. The molecule has 2 aromatic rings. The molecular weight excluding hydrogens is 302 g/mol. The van der Waals surface area contributed by atoms with Gasteiger partial charge in [-0.1, -0.05) is 36.4 Å². The van der Waals surface area contributed by atoms with Crippen LogP contribution in [0.25, 0.3) is 11.1 Å². The van der Waals surface area contributed by atoms with Crippen molar-refractivity contribution in [3.05, 3.63) is 65.9 Å². The third-order valence-electron chi connectivity index (χ3n) is 3.88. The normalized spacial score (nSPS) is 13.4. The molecule has 0 saturated heterocycles. The molecule has 0 saturated carbocycles. The van der Waals surface area contributed by atoms with E-state index in [0.29, 0.717) is 5.75 Å². The van der Waals surface area contributed by atoms with E-state index in [9.17, 15) is 4.79 Å². The average Bonchev–Trinajstić information content (AvgIpc) is 3.02. The second kappa shape index (κ2) is 7.13. The van der Waals surface area contributed by atoms with Crippen molar-refractivity contribution in [1.29, 1.82) is 0 Å². The first-order chi connectivity index (χ1) is 11.6. The molecule has 0 aromatic heterocycles. The Bertz CT molecular complexity index is 787. The number of allylic oxidation sites excluding steroid dienone is 1. The van der Waals surface area contributed by atoms with Crippen molar-refractivity contribution in [2.24, 2.45) is 4.99 Å². The zero-order valence-corrected chi connectivity index (χ0v) is 13.5. The van der Waals surface area contributed by atoms with Gasteiger partial charge in [-0.2, -0.15) is 0 Å². The Labute approximate surface area is 141 Å². The summed E-state index contributed by atoms with van der Waals surface area (Å²) >= 11 is 0. The first-order valence-corrected chi connectivity index (χ1v) is 7.89. The van der Waals surface area contributed by atoms with E-state index in [-0.39, 0.29) is 13.0 Å². The molecule has 0 radical (unpaired) electrons. The Hall–Kier alpha value is -2.88. The number of aliphatic imine (C=N–C) groups is 1. The van der Waals surface area contributed by atoms with Crippen LogP contribution >= 0.6 is 0 Å². The number of carboxylic acids is 1. The molecule has 0 aliphatic carbocycles. The first kappa shape index (κ1) is 16.0. The van der Waals surface area contributed by atoms with Crippen molar-refractivity contribution in [2.45, 2.75) is 19.8 Å². The van der Waals surface area contributed by atoms with Gasteiger partial charge in [0.15, 0.2) is 0 Å². The van der Waals surface area contributed by atoms with Crippen molar-refractivity contribution < 1.29 is 14.6 Å². The molecule has 0 spiro atoms. The molecule has 4 heteroatoms. The Morgan fingerprint density at radius 1 is 1.04 bits per heavy atom. The molecule has 2 aromatic carbocycles. The second-order valence-electron chi connectivity index (χ2n) is 5.82. The minimum Gasteiger partial charge on any atom is -0.493 e. The van der Waals surface area contributed by atoms with Gasteiger partial charge in [-0.25, -0.2) is 0 Å². The van der Waals surface area contributed by atoms with Crippen molar-refractivity contribution in [3.8, 4) is 16.9 Å². The summed E-state index contributed by atoms with van der Waals surface area (Å²) < 4.78 is 5.40. The van der Waals surface area contributed by atoms with Crippen molar-refractivity contribution in [3.63, 3.8) is 0 Å². The fraction of sp³-hybridized carbons (Fsp3) is 0.200. The molecule has 1 aliphatic heterocycles. The fourth-order valence-electron chi connectivity index (χ4n) is 2.57. The summed E-state index contributed by atoms with van der Waals surface area (Å²) in [7, 11) is 0. The van der Waals surface area contributed by atoms with Gasteiger partial charge in [0.25, 0.3) is 0 Å². The Morgan fingerprint density at radius 3 is 2.17 bits per heavy atom. The van der Waals surface area contributed by atoms with E-state index in [1.54, 1.807) is 0 Å². The summed E-state index contributed by atoms with van der Waals surface area (Å²) in [4.78, 5) is 14.9. The highest BCUT2D eigenvalue weighted by Gasteiger charge is 2.09. The van der Waals surface area contributed by atoms with Crippen LogP contribution in [0.2, 0.25) is 0 Å². The number of ether oxygens (including phenoxy) is 1. The van der Waals surface area contributed by atoms with Gasteiger partial charge in [0, 0.05) is 12.6 Å². The molecule has 0 amide bonds. The fourth-order valence-corrected chi connectivity index (χ4v) is 2.57. The van der Waals surface area contributed by atoms with E-state index < -0.39 is 5.97 Å². The van der Waals surface area contributed by atoms with Crippen LogP contribution in [0.3, 0.4) is 0 Å². The van der Waals surface area contributed by atoms with Crippen LogP contribution in [0.15, 0.2) is 65.3 Å². The molecule has 1 heterocycles. The summed E-state index contributed by atoms with van der Waals surface area (Å²) in [6.07, 6.45) is 2.84. The minimum absolute atomic E-state index is 0.00142. The molecule has 122 valence electrons. The summed E-state index contributed by atoms with van der Waals surface area (Å²) in [5.41, 5.74) is 5.77. The second-order valence-corrected chi connectivity index (χ2v) is 5.82. The van der Waals surface area contributed by atoms with Crippen molar-refractivity contribution >= 4 is 11.7 Å². The molecule has 0 bridgehead atoms. The van der Waals surface area contributed by atoms with E-state index in [4.69, 9.17) is 9.84 Å². The van der Waals surface area contributed by atoms with Gasteiger partial charge in [-0.05, 0) is 41.3 Å². The number of hydrogen-bond acceptors (Lipinski definition) is 3.